The van der Waals surface area contributed by atoms with Crippen molar-refractivity contribution in [3.05, 3.63) is 120 Å². The second-order valence-corrected chi connectivity index (χ2v) is 7.53. The number of rotatable bonds is 14. The van der Waals surface area contributed by atoms with Crippen LogP contribution in [0.2, 0.25) is 0 Å². The van der Waals surface area contributed by atoms with Gasteiger partial charge in [0, 0.05) is 7.11 Å². The number of hydrogen-bond donors (Lipinski definition) is 0. The standard InChI is InChI=1S/C28H32O4/c1-3-13-26(30-20-23-14-7-4-8-15-23)28(31-21-24-16-9-5-10-17-24)27(32-22-29-2)25-18-11-6-12-19-25/h3-12,14-19,26-28H,1,13,20-22H2,2H3/t26-,27+,28-/m0/s1. The SMILES string of the molecule is C=CC[C@H](OCc1ccccc1)[C@H](OCc1ccccc1)[C@H](OCOC)c1ccccc1. The Hall–Kier alpha value is -2.76. The number of benzene rings is 3. The van der Waals surface area contributed by atoms with E-state index in [-0.39, 0.29) is 25.1 Å². The largest absolute Gasteiger partial charge is 0.370 e. The maximum atomic E-state index is 6.49. The average Bonchev–Trinajstić information content (AvgIpc) is 2.86. The molecule has 0 aliphatic carbocycles. The summed E-state index contributed by atoms with van der Waals surface area (Å²) in [5.41, 5.74) is 3.22. The molecule has 32 heavy (non-hydrogen) atoms. The molecule has 0 N–H and O–H groups in total. The van der Waals surface area contributed by atoms with Gasteiger partial charge in [-0.05, 0) is 23.1 Å². The molecule has 0 fully saturated rings. The Morgan fingerprint density at radius 2 is 1.25 bits per heavy atom. The number of ether oxygens (including phenoxy) is 4. The van der Waals surface area contributed by atoms with Crippen molar-refractivity contribution >= 4 is 0 Å². The minimum absolute atomic E-state index is 0.157. The monoisotopic (exact) mass is 432 g/mol. The van der Waals surface area contributed by atoms with Crippen LogP contribution in [0.4, 0.5) is 0 Å². The van der Waals surface area contributed by atoms with Gasteiger partial charge in [0.1, 0.15) is 19.0 Å². The summed E-state index contributed by atoms with van der Waals surface area (Å²) in [7, 11) is 1.62. The molecule has 0 aliphatic rings. The van der Waals surface area contributed by atoms with Crippen LogP contribution in [0.25, 0.3) is 0 Å². The Labute approximate surface area is 191 Å². The Morgan fingerprint density at radius 1 is 0.719 bits per heavy atom. The van der Waals surface area contributed by atoms with Crippen molar-refractivity contribution in [1.82, 2.24) is 0 Å². The summed E-state index contributed by atoms with van der Waals surface area (Å²) in [6, 6.07) is 30.3. The van der Waals surface area contributed by atoms with Crippen molar-refractivity contribution < 1.29 is 18.9 Å². The van der Waals surface area contributed by atoms with E-state index in [0.717, 1.165) is 16.7 Å². The van der Waals surface area contributed by atoms with E-state index in [2.05, 4.69) is 30.8 Å². The maximum Gasteiger partial charge on any atom is 0.147 e. The van der Waals surface area contributed by atoms with Crippen LogP contribution in [-0.2, 0) is 32.2 Å². The third kappa shape index (κ3) is 7.43. The van der Waals surface area contributed by atoms with Crippen LogP contribution < -0.4 is 0 Å². The quantitative estimate of drug-likeness (QED) is 0.228. The van der Waals surface area contributed by atoms with Crippen LogP contribution in [0.3, 0.4) is 0 Å². The highest BCUT2D eigenvalue weighted by Gasteiger charge is 2.33. The average molecular weight is 433 g/mol. The molecule has 0 bridgehead atoms. The van der Waals surface area contributed by atoms with Gasteiger partial charge in [-0.3, -0.25) is 0 Å². The van der Waals surface area contributed by atoms with Gasteiger partial charge in [-0.15, -0.1) is 6.58 Å². The van der Waals surface area contributed by atoms with E-state index in [1.54, 1.807) is 7.11 Å². The zero-order chi connectivity index (χ0) is 22.4. The molecule has 4 nitrogen and oxygen atoms in total. The minimum Gasteiger partial charge on any atom is -0.370 e. The van der Waals surface area contributed by atoms with Crippen LogP contribution in [0, 0.1) is 0 Å². The number of methoxy groups -OCH3 is 1. The highest BCUT2D eigenvalue weighted by molar-refractivity contribution is 5.20. The van der Waals surface area contributed by atoms with E-state index in [0.29, 0.717) is 19.6 Å². The van der Waals surface area contributed by atoms with E-state index < -0.39 is 0 Å². The van der Waals surface area contributed by atoms with Crippen LogP contribution in [0.15, 0.2) is 104 Å². The molecule has 0 saturated heterocycles. The van der Waals surface area contributed by atoms with Crippen LogP contribution in [-0.4, -0.2) is 26.1 Å². The summed E-state index contributed by atoms with van der Waals surface area (Å²) < 4.78 is 24.3. The molecular formula is C28H32O4. The highest BCUT2D eigenvalue weighted by atomic mass is 16.7. The molecule has 4 heteroatoms. The van der Waals surface area contributed by atoms with Gasteiger partial charge >= 0.3 is 0 Å². The lowest BCUT2D eigenvalue weighted by molar-refractivity contribution is -0.175. The minimum atomic E-state index is -0.366. The van der Waals surface area contributed by atoms with Crippen molar-refractivity contribution in [3.8, 4) is 0 Å². The second kappa shape index (κ2) is 13.6. The fourth-order valence-electron chi connectivity index (χ4n) is 3.56. The van der Waals surface area contributed by atoms with Crippen molar-refractivity contribution in [1.29, 1.82) is 0 Å². The Bertz CT molecular complexity index is 883. The van der Waals surface area contributed by atoms with Crippen LogP contribution >= 0.6 is 0 Å². The molecule has 0 heterocycles. The Morgan fingerprint density at radius 3 is 1.78 bits per heavy atom. The first kappa shape index (κ1) is 23.9. The van der Waals surface area contributed by atoms with Gasteiger partial charge in [0.25, 0.3) is 0 Å². The van der Waals surface area contributed by atoms with E-state index in [4.69, 9.17) is 18.9 Å². The van der Waals surface area contributed by atoms with Gasteiger partial charge in [0.05, 0.1) is 19.3 Å². The summed E-state index contributed by atoms with van der Waals surface area (Å²) in [5.74, 6) is 0. The fourth-order valence-corrected chi connectivity index (χ4v) is 3.56. The molecule has 0 spiro atoms. The van der Waals surface area contributed by atoms with Gasteiger partial charge in [-0.25, -0.2) is 0 Å². The lowest BCUT2D eigenvalue weighted by atomic mass is 9.97. The zero-order valence-corrected chi connectivity index (χ0v) is 18.6. The van der Waals surface area contributed by atoms with Crippen molar-refractivity contribution in [2.45, 2.75) is 37.9 Å². The van der Waals surface area contributed by atoms with Gasteiger partial charge in [-0.2, -0.15) is 0 Å². The van der Waals surface area contributed by atoms with E-state index >= 15 is 0 Å². The van der Waals surface area contributed by atoms with Crippen molar-refractivity contribution in [2.24, 2.45) is 0 Å². The second-order valence-electron chi connectivity index (χ2n) is 7.53. The first-order chi connectivity index (χ1) is 15.8. The van der Waals surface area contributed by atoms with Crippen LogP contribution in [0.1, 0.15) is 29.2 Å². The first-order valence-corrected chi connectivity index (χ1v) is 10.9. The maximum absolute atomic E-state index is 6.49. The van der Waals surface area contributed by atoms with Gasteiger partial charge in [0.2, 0.25) is 0 Å². The predicted molar refractivity (Wildman–Crippen MR) is 127 cm³/mol. The van der Waals surface area contributed by atoms with E-state index in [1.165, 1.54) is 0 Å². The van der Waals surface area contributed by atoms with Crippen LogP contribution in [0.5, 0.6) is 0 Å². The fraction of sp³-hybridized carbons (Fsp3) is 0.286. The molecule has 168 valence electrons. The normalized spacial score (nSPS) is 13.9. The Balaban J connectivity index is 1.86. The molecule has 0 unspecified atom stereocenters. The van der Waals surface area contributed by atoms with Gasteiger partial charge in [-0.1, -0.05) is 97.1 Å². The molecule has 0 saturated carbocycles. The molecule has 3 aromatic rings. The van der Waals surface area contributed by atoms with Crippen molar-refractivity contribution in [3.63, 3.8) is 0 Å². The zero-order valence-electron chi connectivity index (χ0n) is 18.6. The first-order valence-electron chi connectivity index (χ1n) is 10.9. The number of hydrogen-bond acceptors (Lipinski definition) is 4. The molecule has 0 radical (unpaired) electrons. The van der Waals surface area contributed by atoms with Crippen molar-refractivity contribution in [2.75, 3.05) is 13.9 Å². The highest BCUT2D eigenvalue weighted by Crippen LogP contribution is 2.30. The smallest absolute Gasteiger partial charge is 0.147 e. The molecule has 3 aromatic carbocycles. The summed E-state index contributed by atoms with van der Waals surface area (Å²) in [4.78, 5) is 0. The molecular weight excluding hydrogens is 400 g/mol. The summed E-state index contributed by atoms with van der Waals surface area (Å²) in [6.07, 6.45) is 1.52. The third-order valence-electron chi connectivity index (χ3n) is 5.15. The summed E-state index contributed by atoms with van der Waals surface area (Å²) >= 11 is 0. The summed E-state index contributed by atoms with van der Waals surface area (Å²) in [6.45, 7) is 5.04. The molecule has 0 aliphatic heterocycles. The lowest BCUT2D eigenvalue weighted by Crippen LogP contribution is -2.38. The molecule has 3 atom stereocenters. The molecule has 0 amide bonds. The topological polar surface area (TPSA) is 36.9 Å². The van der Waals surface area contributed by atoms with Gasteiger partial charge < -0.3 is 18.9 Å². The Kier molecular flexibility index (Phi) is 10.2. The lowest BCUT2D eigenvalue weighted by Gasteiger charge is -2.33. The molecule has 3 rings (SSSR count). The van der Waals surface area contributed by atoms with E-state index in [1.807, 2.05) is 72.8 Å². The van der Waals surface area contributed by atoms with E-state index in [9.17, 15) is 0 Å². The summed E-state index contributed by atoms with van der Waals surface area (Å²) in [5, 5.41) is 0. The van der Waals surface area contributed by atoms with Gasteiger partial charge in [0.15, 0.2) is 0 Å². The third-order valence-corrected chi connectivity index (χ3v) is 5.15. The molecule has 0 aromatic heterocycles. The predicted octanol–water partition coefficient (Wildman–Crippen LogP) is 6.10.